The SMILES string of the molecule is CC(C)CC(CCO)CNC(=O)N1CCN(c2cccs2)CC1. The number of thiophene rings is 1. The third-order valence-electron chi connectivity index (χ3n) is 4.27. The summed E-state index contributed by atoms with van der Waals surface area (Å²) in [5.41, 5.74) is 0. The van der Waals surface area contributed by atoms with Gasteiger partial charge in [0.1, 0.15) is 0 Å². The number of hydrogen-bond acceptors (Lipinski definition) is 4. The van der Waals surface area contributed by atoms with E-state index >= 15 is 0 Å². The number of aliphatic hydroxyl groups is 1. The van der Waals surface area contributed by atoms with Crippen molar-refractivity contribution in [1.82, 2.24) is 10.2 Å². The number of nitrogens with zero attached hydrogens (tertiary/aromatic N) is 2. The van der Waals surface area contributed by atoms with Gasteiger partial charge in [-0.3, -0.25) is 0 Å². The fourth-order valence-corrected chi connectivity index (χ4v) is 3.86. The summed E-state index contributed by atoms with van der Waals surface area (Å²) in [7, 11) is 0. The van der Waals surface area contributed by atoms with Gasteiger partial charge in [0, 0.05) is 39.3 Å². The molecule has 0 radical (unpaired) electrons. The minimum atomic E-state index is 0.0301. The molecule has 2 heterocycles. The van der Waals surface area contributed by atoms with Crippen LogP contribution < -0.4 is 10.2 Å². The normalized spacial score (nSPS) is 16.7. The van der Waals surface area contributed by atoms with Crippen molar-refractivity contribution in [3.05, 3.63) is 17.5 Å². The Bertz CT molecular complexity index is 456. The summed E-state index contributed by atoms with van der Waals surface area (Å²) >= 11 is 1.75. The van der Waals surface area contributed by atoms with Crippen molar-refractivity contribution < 1.29 is 9.90 Å². The summed E-state index contributed by atoms with van der Waals surface area (Å²) in [6.45, 7) is 8.50. The van der Waals surface area contributed by atoms with Crippen LogP contribution in [0.4, 0.5) is 9.80 Å². The summed E-state index contributed by atoms with van der Waals surface area (Å²) < 4.78 is 0. The van der Waals surface area contributed by atoms with E-state index in [1.807, 2.05) is 4.90 Å². The molecule has 0 aromatic carbocycles. The fourth-order valence-electron chi connectivity index (χ4n) is 3.08. The van der Waals surface area contributed by atoms with Crippen LogP contribution in [0.1, 0.15) is 26.7 Å². The number of anilines is 1. The van der Waals surface area contributed by atoms with Crippen LogP contribution in [0, 0.1) is 11.8 Å². The molecule has 5 nitrogen and oxygen atoms in total. The maximum absolute atomic E-state index is 12.3. The average Bonchev–Trinajstić information content (AvgIpc) is 3.06. The molecule has 0 spiro atoms. The Kier molecular flexibility index (Phi) is 7.17. The van der Waals surface area contributed by atoms with E-state index in [0.717, 1.165) is 39.0 Å². The number of hydrogen-bond donors (Lipinski definition) is 2. The number of aliphatic hydroxyl groups excluding tert-OH is 1. The standard InChI is InChI=1S/C17H29N3O2S/c1-14(2)12-15(5-10-21)13-18-17(22)20-8-6-19(7-9-20)16-4-3-11-23-16/h3-4,11,14-15,21H,5-10,12-13H2,1-2H3,(H,18,22). The molecule has 2 N–H and O–H groups in total. The number of piperazine rings is 1. The second-order valence-electron chi connectivity index (χ2n) is 6.62. The van der Waals surface area contributed by atoms with Gasteiger partial charge in [0.05, 0.1) is 5.00 Å². The number of rotatable bonds is 7. The first kappa shape index (κ1) is 18.1. The van der Waals surface area contributed by atoms with Crippen LogP contribution >= 0.6 is 11.3 Å². The van der Waals surface area contributed by atoms with Crippen molar-refractivity contribution in [3.8, 4) is 0 Å². The zero-order valence-electron chi connectivity index (χ0n) is 14.2. The zero-order chi connectivity index (χ0) is 16.7. The minimum absolute atomic E-state index is 0.0301. The van der Waals surface area contributed by atoms with Gasteiger partial charge in [-0.1, -0.05) is 13.8 Å². The Balaban J connectivity index is 1.73. The third kappa shape index (κ3) is 5.70. The number of amides is 2. The predicted molar refractivity (Wildman–Crippen MR) is 96.2 cm³/mol. The molecule has 1 fully saturated rings. The molecule has 1 saturated heterocycles. The summed E-state index contributed by atoms with van der Waals surface area (Å²) in [5, 5.41) is 15.6. The highest BCUT2D eigenvalue weighted by atomic mass is 32.1. The van der Waals surface area contributed by atoms with Gasteiger partial charge in [-0.2, -0.15) is 0 Å². The van der Waals surface area contributed by atoms with Gasteiger partial charge in [-0.05, 0) is 42.2 Å². The highest BCUT2D eigenvalue weighted by molar-refractivity contribution is 7.14. The third-order valence-corrected chi connectivity index (χ3v) is 5.20. The second kappa shape index (κ2) is 9.13. The maximum Gasteiger partial charge on any atom is 0.317 e. The molecule has 1 aromatic rings. The highest BCUT2D eigenvalue weighted by Gasteiger charge is 2.22. The maximum atomic E-state index is 12.3. The van der Waals surface area contributed by atoms with Crippen LogP contribution in [-0.4, -0.2) is 55.4 Å². The average molecular weight is 340 g/mol. The first-order valence-corrected chi connectivity index (χ1v) is 9.40. The lowest BCUT2D eigenvalue weighted by molar-refractivity contribution is 0.188. The highest BCUT2D eigenvalue weighted by Crippen LogP contribution is 2.22. The van der Waals surface area contributed by atoms with E-state index in [2.05, 4.69) is 41.6 Å². The number of urea groups is 1. The van der Waals surface area contributed by atoms with Gasteiger partial charge < -0.3 is 20.2 Å². The summed E-state index contributed by atoms with van der Waals surface area (Å²) in [5.74, 6) is 0.939. The van der Waals surface area contributed by atoms with Crippen molar-refractivity contribution >= 4 is 22.4 Å². The van der Waals surface area contributed by atoms with E-state index < -0.39 is 0 Å². The van der Waals surface area contributed by atoms with E-state index in [1.54, 1.807) is 11.3 Å². The lowest BCUT2D eigenvalue weighted by Crippen LogP contribution is -2.52. The molecular formula is C17H29N3O2S. The lowest BCUT2D eigenvalue weighted by Gasteiger charge is -2.35. The largest absolute Gasteiger partial charge is 0.396 e. The van der Waals surface area contributed by atoms with Crippen LogP contribution in [0.15, 0.2) is 17.5 Å². The summed E-state index contributed by atoms with van der Waals surface area (Å²) in [4.78, 5) is 16.6. The van der Waals surface area contributed by atoms with Gasteiger partial charge >= 0.3 is 6.03 Å². The molecule has 0 saturated carbocycles. The molecule has 2 amide bonds. The van der Waals surface area contributed by atoms with E-state index in [1.165, 1.54) is 5.00 Å². The van der Waals surface area contributed by atoms with Gasteiger partial charge in [0.15, 0.2) is 0 Å². The summed E-state index contributed by atoms with van der Waals surface area (Å²) in [6, 6.07) is 4.23. The molecule has 1 unspecified atom stereocenters. The predicted octanol–water partition coefficient (Wildman–Crippen LogP) is 2.62. The number of nitrogens with one attached hydrogen (secondary N) is 1. The van der Waals surface area contributed by atoms with Crippen molar-refractivity contribution in [1.29, 1.82) is 0 Å². The van der Waals surface area contributed by atoms with Crippen LogP contribution in [0.2, 0.25) is 0 Å². The Labute approximate surface area is 143 Å². The Morgan fingerprint density at radius 1 is 1.35 bits per heavy atom. The molecule has 2 rings (SSSR count). The first-order valence-electron chi connectivity index (χ1n) is 8.52. The van der Waals surface area contributed by atoms with Crippen molar-refractivity contribution in [2.24, 2.45) is 11.8 Å². The molecule has 23 heavy (non-hydrogen) atoms. The van der Waals surface area contributed by atoms with Gasteiger partial charge in [0.2, 0.25) is 0 Å². The smallest absolute Gasteiger partial charge is 0.317 e. The first-order chi connectivity index (χ1) is 11.1. The summed E-state index contributed by atoms with van der Waals surface area (Å²) in [6.07, 6.45) is 1.79. The number of carbonyl (C=O) groups excluding carboxylic acids is 1. The molecule has 6 heteroatoms. The lowest BCUT2D eigenvalue weighted by atomic mass is 9.94. The van der Waals surface area contributed by atoms with Crippen LogP contribution in [0.5, 0.6) is 0 Å². The van der Waals surface area contributed by atoms with Crippen molar-refractivity contribution in [2.75, 3.05) is 44.2 Å². The van der Waals surface area contributed by atoms with E-state index in [-0.39, 0.29) is 12.6 Å². The van der Waals surface area contributed by atoms with Crippen LogP contribution in [0.3, 0.4) is 0 Å². The molecule has 0 aliphatic carbocycles. The fraction of sp³-hybridized carbons (Fsp3) is 0.706. The molecule has 1 aliphatic rings. The second-order valence-corrected chi connectivity index (χ2v) is 7.55. The molecule has 1 aliphatic heterocycles. The quantitative estimate of drug-likeness (QED) is 0.803. The van der Waals surface area contributed by atoms with Crippen molar-refractivity contribution in [3.63, 3.8) is 0 Å². The zero-order valence-corrected chi connectivity index (χ0v) is 15.0. The number of carbonyl (C=O) groups is 1. The van der Waals surface area contributed by atoms with Crippen LogP contribution in [0.25, 0.3) is 0 Å². The van der Waals surface area contributed by atoms with E-state index in [4.69, 9.17) is 5.11 Å². The Morgan fingerprint density at radius 3 is 2.65 bits per heavy atom. The van der Waals surface area contributed by atoms with E-state index in [0.29, 0.717) is 18.4 Å². The van der Waals surface area contributed by atoms with Crippen molar-refractivity contribution in [2.45, 2.75) is 26.7 Å². The molecular weight excluding hydrogens is 310 g/mol. The Hall–Kier alpha value is -1.27. The van der Waals surface area contributed by atoms with Crippen LogP contribution in [-0.2, 0) is 0 Å². The molecule has 130 valence electrons. The Morgan fingerprint density at radius 2 is 2.09 bits per heavy atom. The van der Waals surface area contributed by atoms with Gasteiger partial charge in [-0.15, -0.1) is 11.3 Å². The monoisotopic (exact) mass is 339 g/mol. The molecule has 0 bridgehead atoms. The van der Waals surface area contributed by atoms with Gasteiger partial charge in [0.25, 0.3) is 0 Å². The minimum Gasteiger partial charge on any atom is -0.396 e. The van der Waals surface area contributed by atoms with E-state index in [9.17, 15) is 4.79 Å². The topological polar surface area (TPSA) is 55.8 Å². The molecule has 1 atom stereocenters. The van der Waals surface area contributed by atoms with Gasteiger partial charge in [-0.25, -0.2) is 4.79 Å². The molecule has 1 aromatic heterocycles.